The van der Waals surface area contributed by atoms with Crippen LogP contribution in [0.1, 0.15) is 51.4 Å². The van der Waals surface area contributed by atoms with Gasteiger partial charge >= 0.3 is 0 Å². The molecule has 1 amide bonds. The number of carbonyl (C=O) groups is 1. The molecular weight excluding hydrogens is 502 g/mol. The van der Waals surface area contributed by atoms with Crippen molar-refractivity contribution < 1.29 is 17.6 Å². The number of rotatable bonds is 20. The summed E-state index contributed by atoms with van der Waals surface area (Å²) in [5, 5.41) is 11.6. The standard InChI is InChI=1S/C28H43N5O4S/c29-15-8-18-30-16-6-7-17-31-19-9-20-32-28(34)12-2-1-5-21-33-38(35,36)23-13-14-25-24-10-3-4-11-26(24)37-27(25)22-23/h3-4,10-11,13-14,22,30-31,33H,1-2,5-9,12,15-21,29H2,(H,32,34). The molecule has 1 aromatic heterocycles. The van der Waals surface area contributed by atoms with Gasteiger partial charge in [0.25, 0.3) is 0 Å². The highest BCUT2D eigenvalue weighted by atomic mass is 32.2. The molecule has 0 saturated carbocycles. The van der Waals surface area contributed by atoms with Gasteiger partial charge in [0.15, 0.2) is 0 Å². The van der Waals surface area contributed by atoms with Crippen molar-refractivity contribution in [2.45, 2.75) is 56.3 Å². The Kier molecular flexibility index (Phi) is 13.0. The maximum absolute atomic E-state index is 12.7. The van der Waals surface area contributed by atoms with E-state index in [4.69, 9.17) is 10.2 Å². The number of carbonyl (C=O) groups excluding carboxylic acids is 1. The molecule has 9 nitrogen and oxygen atoms in total. The zero-order chi connectivity index (χ0) is 27.1. The fourth-order valence-electron chi connectivity index (χ4n) is 4.26. The first kappa shape index (κ1) is 30.0. The molecule has 0 aliphatic carbocycles. The van der Waals surface area contributed by atoms with Crippen LogP contribution in [0.2, 0.25) is 0 Å². The summed E-state index contributed by atoms with van der Waals surface area (Å²) in [6.45, 7) is 5.64. The Labute approximate surface area is 226 Å². The van der Waals surface area contributed by atoms with Crippen LogP contribution in [0.5, 0.6) is 0 Å². The number of fused-ring (bicyclic) bond motifs is 3. The molecule has 3 rings (SSSR count). The molecule has 0 unspecified atom stereocenters. The molecule has 210 valence electrons. The minimum atomic E-state index is -3.63. The van der Waals surface area contributed by atoms with Crippen molar-refractivity contribution in [3.05, 3.63) is 42.5 Å². The topological polar surface area (TPSA) is 138 Å². The van der Waals surface area contributed by atoms with Crippen molar-refractivity contribution in [1.82, 2.24) is 20.7 Å². The van der Waals surface area contributed by atoms with Crippen LogP contribution >= 0.6 is 0 Å². The molecule has 0 aliphatic heterocycles. The first-order chi connectivity index (χ1) is 18.5. The van der Waals surface area contributed by atoms with Gasteiger partial charge in [-0.3, -0.25) is 4.79 Å². The zero-order valence-electron chi connectivity index (χ0n) is 22.3. The number of para-hydroxylation sites is 1. The van der Waals surface area contributed by atoms with E-state index in [1.165, 1.54) is 0 Å². The van der Waals surface area contributed by atoms with Crippen LogP contribution in [0, 0.1) is 0 Å². The first-order valence-electron chi connectivity index (χ1n) is 13.8. The summed E-state index contributed by atoms with van der Waals surface area (Å²) in [7, 11) is -3.63. The number of hydrogen-bond acceptors (Lipinski definition) is 7. The highest BCUT2D eigenvalue weighted by molar-refractivity contribution is 7.89. The second-order valence-electron chi connectivity index (χ2n) is 9.52. The average Bonchev–Trinajstić information content (AvgIpc) is 3.29. The Balaban J connectivity index is 1.20. The van der Waals surface area contributed by atoms with E-state index in [1.54, 1.807) is 18.2 Å². The lowest BCUT2D eigenvalue weighted by Crippen LogP contribution is -2.27. The highest BCUT2D eigenvalue weighted by Gasteiger charge is 2.16. The summed E-state index contributed by atoms with van der Waals surface area (Å²) in [6, 6.07) is 12.6. The first-order valence-corrected chi connectivity index (χ1v) is 15.3. The van der Waals surface area contributed by atoms with Crippen LogP contribution < -0.4 is 26.4 Å². The predicted molar refractivity (Wildman–Crippen MR) is 154 cm³/mol. The average molecular weight is 546 g/mol. The summed E-state index contributed by atoms with van der Waals surface area (Å²) >= 11 is 0. The lowest BCUT2D eigenvalue weighted by molar-refractivity contribution is -0.121. The van der Waals surface area contributed by atoms with Crippen molar-refractivity contribution >= 4 is 37.9 Å². The minimum absolute atomic E-state index is 0.0493. The van der Waals surface area contributed by atoms with Crippen LogP contribution in [0.3, 0.4) is 0 Å². The monoisotopic (exact) mass is 545 g/mol. The number of benzene rings is 2. The molecule has 6 N–H and O–H groups in total. The van der Waals surface area contributed by atoms with Crippen LogP contribution in [-0.2, 0) is 14.8 Å². The number of unbranched alkanes of at least 4 members (excludes halogenated alkanes) is 3. The van der Waals surface area contributed by atoms with Crippen LogP contribution in [0.15, 0.2) is 51.8 Å². The van der Waals surface area contributed by atoms with Gasteiger partial charge in [0.2, 0.25) is 15.9 Å². The smallest absolute Gasteiger partial charge is 0.240 e. The third kappa shape index (κ3) is 9.99. The summed E-state index contributed by atoms with van der Waals surface area (Å²) in [4.78, 5) is 12.2. The zero-order valence-corrected chi connectivity index (χ0v) is 23.1. The molecule has 0 bridgehead atoms. The quantitative estimate of drug-likeness (QED) is 0.137. The van der Waals surface area contributed by atoms with E-state index in [9.17, 15) is 13.2 Å². The van der Waals surface area contributed by atoms with Gasteiger partial charge in [-0.1, -0.05) is 24.6 Å². The summed E-state index contributed by atoms with van der Waals surface area (Å²) in [5.41, 5.74) is 6.75. The largest absolute Gasteiger partial charge is 0.456 e. The van der Waals surface area contributed by atoms with E-state index >= 15 is 0 Å². The molecule has 2 aromatic carbocycles. The molecule has 38 heavy (non-hydrogen) atoms. The number of amides is 1. The van der Waals surface area contributed by atoms with Crippen LogP contribution in [0.4, 0.5) is 0 Å². The van der Waals surface area contributed by atoms with E-state index < -0.39 is 10.0 Å². The van der Waals surface area contributed by atoms with E-state index in [0.29, 0.717) is 31.5 Å². The third-order valence-corrected chi connectivity index (χ3v) is 7.86. The molecule has 0 spiro atoms. The normalized spacial score (nSPS) is 11.9. The Morgan fingerprint density at radius 3 is 2.21 bits per heavy atom. The second kappa shape index (κ2) is 16.5. The van der Waals surface area contributed by atoms with Crippen molar-refractivity contribution in [2.24, 2.45) is 5.73 Å². The molecule has 0 saturated heterocycles. The Morgan fingerprint density at radius 2 is 1.42 bits per heavy atom. The Hall–Kier alpha value is -2.50. The van der Waals surface area contributed by atoms with Crippen molar-refractivity contribution in [3.8, 4) is 0 Å². The van der Waals surface area contributed by atoms with Gasteiger partial charge in [-0.25, -0.2) is 13.1 Å². The fourth-order valence-corrected chi connectivity index (χ4v) is 5.35. The van der Waals surface area contributed by atoms with Gasteiger partial charge in [-0.15, -0.1) is 0 Å². The summed E-state index contributed by atoms with van der Waals surface area (Å²) in [5.74, 6) is 0.0493. The summed E-state index contributed by atoms with van der Waals surface area (Å²) < 4.78 is 33.9. The number of nitrogens with one attached hydrogen (secondary N) is 4. The summed E-state index contributed by atoms with van der Waals surface area (Å²) in [6.07, 6.45) is 6.85. The van der Waals surface area contributed by atoms with Gasteiger partial charge in [0.1, 0.15) is 11.2 Å². The van der Waals surface area contributed by atoms with Crippen molar-refractivity contribution in [1.29, 1.82) is 0 Å². The molecule has 0 fully saturated rings. The molecule has 1 heterocycles. The van der Waals surface area contributed by atoms with E-state index in [2.05, 4.69) is 20.7 Å². The fraction of sp³-hybridized carbons (Fsp3) is 0.536. The Bertz CT molecular complexity index is 1230. The van der Waals surface area contributed by atoms with E-state index in [0.717, 1.165) is 87.6 Å². The van der Waals surface area contributed by atoms with Crippen molar-refractivity contribution in [2.75, 3.05) is 45.8 Å². The lowest BCUT2D eigenvalue weighted by Gasteiger charge is -2.08. The van der Waals surface area contributed by atoms with Gasteiger partial charge in [-0.2, -0.15) is 0 Å². The molecular formula is C28H43N5O4S. The molecule has 0 atom stereocenters. The van der Waals surface area contributed by atoms with Gasteiger partial charge in [-0.05, 0) is 89.4 Å². The second-order valence-corrected chi connectivity index (χ2v) is 11.3. The maximum atomic E-state index is 12.7. The van der Waals surface area contributed by atoms with E-state index in [-0.39, 0.29) is 10.8 Å². The number of hydrogen-bond donors (Lipinski definition) is 5. The Morgan fingerprint density at radius 1 is 0.737 bits per heavy atom. The van der Waals surface area contributed by atoms with Gasteiger partial charge in [0, 0.05) is 36.3 Å². The molecule has 3 aromatic rings. The maximum Gasteiger partial charge on any atom is 0.240 e. The van der Waals surface area contributed by atoms with Crippen molar-refractivity contribution in [3.63, 3.8) is 0 Å². The lowest BCUT2D eigenvalue weighted by atomic mass is 10.2. The van der Waals surface area contributed by atoms with Crippen LogP contribution in [-0.4, -0.2) is 60.1 Å². The molecule has 0 aliphatic rings. The van der Waals surface area contributed by atoms with Gasteiger partial charge < -0.3 is 26.1 Å². The van der Waals surface area contributed by atoms with E-state index in [1.807, 2.05) is 24.3 Å². The number of sulfonamides is 1. The highest BCUT2D eigenvalue weighted by Crippen LogP contribution is 2.30. The number of furan rings is 1. The third-order valence-electron chi connectivity index (χ3n) is 6.40. The minimum Gasteiger partial charge on any atom is -0.456 e. The SMILES string of the molecule is NCCCNCCCCNCCCNC(=O)CCCCCNS(=O)(=O)c1ccc2c(c1)oc1ccccc12. The molecule has 0 radical (unpaired) electrons. The van der Waals surface area contributed by atoms with Crippen LogP contribution in [0.25, 0.3) is 21.9 Å². The molecule has 10 heteroatoms. The van der Waals surface area contributed by atoms with Gasteiger partial charge in [0.05, 0.1) is 4.90 Å². The number of nitrogens with two attached hydrogens (primary N) is 1. The predicted octanol–water partition coefficient (Wildman–Crippen LogP) is 3.24.